The maximum Gasteiger partial charge on any atom is 0.411 e. The minimum Gasteiger partial charge on any atom is -0.508 e. The molecule has 1 spiro atoms. The zero-order valence-corrected chi connectivity index (χ0v) is 20.2. The average Bonchev–Trinajstić information content (AvgIpc) is 3.09. The van der Waals surface area contributed by atoms with Crippen LogP contribution in [0.5, 0.6) is 5.75 Å². The van der Waals surface area contributed by atoms with E-state index in [9.17, 15) is 19.1 Å². The molecule has 1 unspecified atom stereocenters. The lowest BCUT2D eigenvalue weighted by Crippen LogP contribution is -2.59. The first-order valence-electron chi connectivity index (χ1n) is 12.2. The van der Waals surface area contributed by atoms with Crippen molar-refractivity contribution in [2.24, 2.45) is 0 Å². The van der Waals surface area contributed by atoms with Crippen LogP contribution in [0, 0.1) is 5.82 Å². The van der Waals surface area contributed by atoms with Crippen molar-refractivity contribution in [3.8, 4) is 5.75 Å². The monoisotopic (exact) mass is 488 g/mol. The summed E-state index contributed by atoms with van der Waals surface area (Å²) in [6, 6.07) is 22.8. The number of rotatable bonds is 5. The number of carbonyl (C=O) groups excluding carboxylic acids is 2. The normalized spacial score (nSPS) is 21.0. The maximum atomic E-state index is 14.6. The number of carbonyl (C=O) groups is 2. The van der Waals surface area contributed by atoms with Crippen LogP contribution >= 0.6 is 0 Å². The van der Waals surface area contributed by atoms with E-state index < -0.39 is 17.2 Å². The Morgan fingerprint density at radius 2 is 1.61 bits per heavy atom. The van der Waals surface area contributed by atoms with E-state index in [0.717, 1.165) is 11.1 Å². The number of phenols is 1. The van der Waals surface area contributed by atoms with Gasteiger partial charge in [0.25, 0.3) is 0 Å². The Bertz CT molecular complexity index is 1260. The molecule has 2 aliphatic heterocycles. The molecule has 186 valence electrons. The van der Waals surface area contributed by atoms with Crippen molar-refractivity contribution in [3.63, 3.8) is 0 Å². The highest BCUT2D eigenvalue weighted by atomic mass is 19.1. The Balaban J connectivity index is 1.41. The number of benzene rings is 3. The molecule has 0 bridgehead atoms. The number of halogens is 1. The van der Waals surface area contributed by atoms with Gasteiger partial charge in [-0.05, 0) is 36.2 Å². The van der Waals surface area contributed by atoms with E-state index >= 15 is 0 Å². The Hall–Kier alpha value is -3.87. The smallest absolute Gasteiger partial charge is 0.411 e. The van der Waals surface area contributed by atoms with Crippen LogP contribution in [0.4, 0.5) is 9.18 Å². The molecule has 2 aliphatic rings. The summed E-state index contributed by atoms with van der Waals surface area (Å²) in [6.07, 6.45) is 0.703. The summed E-state index contributed by atoms with van der Waals surface area (Å²) in [5.41, 5.74) is 0.466. The molecule has 3 aromatic rings. The van der Waals surface area contributed by atoms with E-state index in [2.05, 4.69) is 0 Å². The van der Waals surface area contributed by atoms with Crippen molar-refractivity contribution < 1.29 is 23.8 Å². The highest BCUT2D eigenvalue weighted by Gasteiger charge is 2.63. The third kappa shape index (κ3) is 4.08. The predicted octanol–water partition coefficient (Wildman–Crippen LogP) is 5.00. The third-order valence-electron chi connectivity index (χ3n) is 7.77. The number of ether oxygens (including phenoxy) is 1. The van der Waals surface area contributed by atoms with E-state index in [4.69, 9.17) is 4.74 Å². The molecule has 1 N–H and O–H groups in total. The zero-order chi connectivity index (χ0) is 25.3. The minimum atomic E-state index is -0.855. The second-order valence-electron chi connectivity index (χ2n) is 9.70. The molecule has 3 aromatic carbocycles. The third-order valence-corrected chi connectivity index (χ3v) is 7.77. The summed E-state index contributed by atoms with van der Waals surface area (Å²) < 4.78 is 20.7. The van der Waals surface area contributed by atoms with Crippen LogP contribution in [0.25, 0.3) is 0 Å². The van der Waals surface area contributed by atoms with Gasteiger partial charge in [0.1, 0.15) is 22.7 Å². The van der Waals surface area contributed by atoms with Gasteiger partial charge in [0, 0.05) is 31.5 Å². The molecule has 5 rings (SSSR count). The van der Waals surface area contributed by atoms with Gasteiger partial charge in [-0.2, -0.15) is 0 Å². The lowest BCUT2D eigenvalue weighted by molar-refractivity contribution is -0.136. The highest BCUT2D eigenvalue weighted by Crippen LogP contribution is 2.52. The number of piperidine rings is 1. The summed E-state index contributed by atoms with van der Waals surface area (Å²) >= 11 is 0. The fraction of sp³-hybridized carbons (Fsp3) is 0.310. The molecular formula is C29H29FN2O4. The Morgan fingerprint density at radius 3 is 2.28 bits per heavy atom. The number of nitrogens with zero attached hydrogens (tertiary/aromatic N) is 2. The summed E-state index contributed by atoms with van der Waals surface area (Å²) in [7, 11) is 0. The molecule has 2 heterocycles. The average molecular weight is 489 g/mol. The van der Waals surface area contributed by atoms with Crippen LogP contribution in [0.15, 0.2) is 78.9 Å². The predicted molar refractivity (Wildman–Crippen MR) is 133 cm³/mol. The van der Waals surface area contributed by atoms with Crippen LogP contribution in [-0.2, 0) is 28.0 Å². The number of hydrogen-bond acceptors (Lipinski definition) is 4. The summed E-state index contributed by atoms with van der Waals surface area (Å²) in [5.74, 6) is -0.213. The molecule has 36 heavy (non-hydrogen) atoms. The van der Waals surface area contributed by atoms with Gasteiger partial charge in [0.2, 0.25) is 5.91 Å². The topological polar surface area (TPSA) is 70.1 Å². The molecule has 1 atom stereocenters. The first-order chi connectivity index (χ1) is 17.3. The van der Waals surface area contributed by atoms with Crippen molar-refractivity contribution in [3.05, 3.63) is 101 Å². The van der Waals surface area contributed by atoms with Crippen molar-refractivity contribution >= 4 is 12.0 Å². The Labute approximate surface area is 209 Å². The van der Waals surface area contributed by atoms with Crippen molar-refractivity contribution in [1.29, 1.82) is 0 Å². The molecule has 0 saturated carbocycles. The summed E-state index contributed by atoms with van der Waals surface area (Å²) in [6.45, 7) is 2.96. The van der Waals surface area contributed by atoms with Gasteiger partial charge >= 0.3 is 6.09 Å². The second kappa shape index (κ2) is 9.30. The quantitative estimate of drug-likeness (QED) is 0.549. The van der Waals surface area contributed by atoms with Gasteiger partial charge in [-0.1, -0.05) is 60.7 Å². The van der Waals surface area contributed by atoms with Gasteiger partial charge in [0.15, 0.2) is 0 Å². The first kappa shape index (κ1) is 23.9. The standard InChI is InChI=1S/C29H29FN2O4/c1-28(23-8-3-2-4-9-23)29(36-27(35)32(28)20-22-7-5-6-10-25(22)30)15-17-31(18-16-29)26(34)19-21-11-13-24(33)14-12-21/h2-14,33H,15-20H2,1H3. The minimum absolute atomic E-state index is 0.00973. The van der Waals surface area contributed by atoms with Crippen LogP contribution in [-0.4, -0.2) is 45.6 Å². The molecule has 2 saturated heterocycles. The van der Waals surface area contributed by atoms with E-state index in [1.165, 1.54) is 6.07 Å². The lowest BCUT2D eigenvalue weighted by atomic mass is 9.70. The second-order valence-corrected chi connectivity index (χ2v) is 9.70. The number of hydrogen-bond donors (Lipinski definition) is 1. The molecule has 2 amide bonds. The SMILES string of the molecule is CC1(c2ccccc2)N(Cc2ccccc2F)C(=O)OC12CCN(C(=O)Cc1ccc(O)cc1)CC2. The molecule has 0 radical (unpaired) electrons. The van der Waals surface area contributed by atoms with Gasteiger partial charge in [-0.15, -0.1) is 0 Å². The fourth-order valence-electron chi connectivity index (χ4n) is 5.56. The molecule has 0 aliphatic carbocycles. The van der Waals surface area contributed by atoms with Gasteiger partial charge in [0.05, 0.1) is 13.0 Å². The van der Waals surface area contributed by atoms with E-state index in [1.807, 2.05) is 37.3 Å². The zero-order valence-electron chi connectivity index (χ0n) is 20.2. The number of amides is 2. The molecular weight excluding hydrogens is 459 g/mol. The molecule has 7 heteroatoms. The van der Waals surface area contributed by atoms with Gasteiger partial charge in [-0.25, -0.2) is 9.18 Å². The van der Waals surface area contributed by atoms with Crippen molar-refractivity contribution in [2.45, 2.75) is 43.9 Å². The summed E-state index contributed by atoms with van der Waals surface area (Å²) in [5, 5.41) is 9.49. The van der Waals surface area contributed by atoms with Crippen LogP contribution in [0.3, 0.4) is 0 Å². The molecule has 6 nitrogen and oxygen atoms in total. The van der Waals surface area contributed by atoms with Gasteiger partial charge < -0.3 is 14.7 Å². The van der Waals surface area contributed by atoms with Crippen LogP contribution < -0.4 is 0 Å². The summed E-state index contributed by atoms with van der Waals surface area (Å²) in [4.78, 5) is 29.8. The van der Waals surface area contributed by atoms with E-state index in [-0.39, 0.29) is 30.4 Å². The van der Waals surface area contributed by atoms with Crippen LogP contribution in [0.1, 0.15) is 36.5 Å². The van der Waals surface area contributed by atoms with Crippen LogP contribution in [0.2, 0.25) is 0 Å². The first-order valence-corrected chi connectivity index (χ1v) is 12.2. The lowest BCUT2D eigenvalue weighted by Gasteiger charge is -2.48. The highest BCUT2D eigenvalue weighted by molar-refractivity contribution is 5.79. The van der Waals surface area contributed by atoms with Crippen molar-refractivity contribution in [2.75, 3.05) is 13.1 Å². The van der Waals surface area contributed by atoms with E-state index in [0.29, 0.717) is 31.5 Å². The number of aromatic hydroxyl groups is 1. The van der Waals surface area contributed by atoms with Crippen molar-refractivity contribution in [1.82, 2.24) is 9.80 Å². The fourth-order valence-corrected chi connectivity index (χ4v) is 5.56. The largest absolute Gasteiger partial charge is 0.508 e. The van der Waals surface area contributed by atoms with Gasteiger partial charge in [-0.3, -0.25) is 9.69 Å². The Morgan fingerprint density at radius 1 is 0.972 bits per heavy atom. The molecule has 2 fully saturated rings. The molecule has 0 aromatic heterocycles. The van der Waals surface area contributed by atoms with E-state index in [1.54, 1.807) is 52.3 Å². The Kier molecular flexibility index (Phi) is 6.16. The number of likely N-dealkylation sites (tertiary alicyclic amines) is 1. The number of phenolic OH excluding ortho intramolecular Hbond substituents is 1. The maximum absolute atomic E-state index is 14.6.